The fourth-order valence-electron chi connectivity index (χ4n) is 0.915. The molecule has 1 aromatic heterocycles. The summed E-state index contributed by atoms with van der Waals surface area (Å²) in [6.45, 7) is 1.17. The molecule has 0 spiro atoms. The van der Waals surface area contributed by atoms with Crippen LogP contribution < -0.4 is 16.2 Å². The highest BCUT2D eigenvalue weighted by Crippen LogP contribution is 2.11. The molecular weight excluding hydrogens is 184 g/mol. The summed E-state index contributed by atoms with van der Waals surface area (Å²) in [6.07, 6.45) is 0.792. The van der Waals surface area contributed by atoms with Crippen molar-refractivity contribution in [2.75, 3.05) is 31.8 Å². The monoisotopic (exact) mass is 198 g/mol. The van der Waals surface area contributed by atoms with Gasteiger partial charge in [-0.05, 0) is 0 Å². The molecule has 0 saturated heterocycles. The zero-order valence-electron chi connectivity index (χ0n) is 8.06. The van der Waals surface area contributed by atoms with Gasteiger partial charge in [0.05, 0.1) is 6.61 Å². The van der Waals surface area contributed by atoms with Gasteiger partial charge in [-0.1, -0.05) is 0 Å². The van der Waals surface area contributed by atoms with Gasteiger partial charge in [0, 0.05) is 26.2 Å². The molecule has 6 heteroatoms. The van der Waals surface area contributed by atoms with Gasteiger partial charge in [0.25, 0.3) is 0 Å². The largest absolute Gasteiger partial charge is 0.477 e. The number of hydrogen-bond donors (Lipinski definition) is 2. The van der Waals surface area contributed by atoms with E-state index in [1.54, 1.807) is 7.11 Å². The molecular formula is C8H14N4O2. The minimum atomic E-state index is 0.117. The van der Waals surface area contributed by atoms with Crippen molar-refractivity contribution in [1.82, 2.24) is 9.97 Å². The summed E-state index contributed by atoms with van der Waals surface area (Å²) in [5, 5.41) is 0. The molecule has 0 aliphatic heterocycles. The fraction of sp³-hybridized carbons (Fsp3) is 0.500. The predicted molar refractivity (Wildman–Crippen MR) is 52.8 cm³/mol. The van der Waals surface area contributed by atoms with E-state index in [2.05, 4.69) is 9.97 Å². The quantitative estimate of drug-likeness (QED) is 0.649. The molecule has 1 rings (SSSR count). The van der Waals surface area contributed by atoms with Gasteiger partial charge in [0.15, 0.2) is 0 Å². The van der Waals surface area contributed by atoms with Crippen LogP contribution in [0.25, 0.3) is 0 Å². The second-order valence-electron chi connectivity index (χ2n) is 2.68. The summed E-state index contributed by atoms with van der Waals surface area (Å²) in [7, 11) is 1.64. The fourth-order valence-corrected chi connectivity index (χ4v) is 0.915. The van der Waals surface area contributed by atoms with Crippen LogP contribution in [0.15, 0.2) is 6.07 Å². The van der Waals surface area contributed by atoms with Crippen LogP contribution in [0.3, 0.4) is 0 Å². The molecule has 0 atom stereocenters. The molecule has 0 bridgehead atoms. The van der Waals surface area contributed by atoms with Crippen LogP contribution in [0.4, 0.5) is 11.8 Å². The summed E-state index contributed by atoms with van der Waals surface area (Å²) in [4.78, 5) is 7.57. The molecule has 78 valence electrons. The van der Waals surface area contributed by atoms with Crippen molar-refractivity contribution >= 4 is 11.8 Å². The summed E-state index contributed by atoms with van der Waals surface area (Å²) in [6, 6.07) is 1.53. The third-order valence-corrected chi connectivity index (χ3v) is 1.48. The van der Waals surface area contributed by atoms with E-state index in [1.807, 2.05) is 0 Å². The molecule has 1 heterocycles. The Morgan fingerprint density at radius 2 is 2.07 bits per heavy atom. The normalized spacial score (nSPS) is 10.1. The lowest BCUT2D eigenvalue weighted by atomic mass is 10.5. The van der Waals surface area contributed by atoms with Gasteiger partial charge in [0.2, 0.25) is 11.8 Å². The number of ether oxygens (including phenoxy) is 2. The molecule has 0 saturated carbocycles. The Morgan fingerprint density at radius 1 is 1.29 bits per heavy atom. The third-order valence-electron chi connectivity index (χ3n) is 1.48. The van der Waals surface area contributed by atoms with Gasteiger partial charge in [0.1, 0.15) is 5.82 Å². The SMILES string of the molecule is COCCCOc1cc(N)nc(N)n1. The molecule has 1 aromatic rings. The molecule has 0 aliphatic carbocycles. The van der Waals surface area contributed by atoms with Crippen LogP contribution in [0.5, 0.6) is 5.88 Å². The van der Waals surface area contributed by atoms with E-state index in [-0.39, 0.29) is 5.95 Å². The molecule has 0 unspecified atom stereocenters. The lowest BCUT2D eigenvalue weighted by Crippen LogP contribution is -2.06. The highest BCUT2D eigenvalue weighted by atomic mass is 16.5. The minimum Gasteiger partial charge on any atom is -0.477 e. The van der Waals surface area contributed by atoms with Crippen molar-refractivity contribution in [2.24, 2.45) is 0 Å². The van der Waals surface area contributed by atoms with Crippen LogP contribution in [-0.4, -0.2) is 30.3 Å². The highest BCUT2D eigenvalue weighted by Gasteiger charge is 1.99. The number of rotatable bonds is 5. The Hall–Kier alpha value is -1.56. The Balaban J connectivity index is 2.42. The Morgan fingerprint density at radius 3 is 2.71 bits per heavy atom. The van der Waals surface area contributed by atoms with E-state index in [4.69, 9.17) is 20.9 Å². The number of methoxy groups -OCH3 is 1. The number of nitrogen functional groups attached to an aromatic ring is 2. The number of hydrogen-bond acceptors (Lipinski definition) is 6. The second kappa shape index (κ2) is 5.23. The predicted octanol–water partition coefficient (Wildman–Crippen LogP) is 0.0563. The average Bonchev–Trinajstić information content (AvgIpc) is 2.11. The first-order chi connectivity index (χ1) is 6.72. The lowest BCUT2D eigenvalue weighted by Gasteiger charge is -2.05. The molecule has 4 N–H and O–H groups in total. The van der Waals surface area contributed by atoms with E-state index in [1.165, 1.54) is 6.07 Å². The van der Waals surface area contributed by atoms with Gasteiger partial charge in [-0.2, -0.15) is 9.97 Å². The topological polar surface area (TPSA) is 96.3 Å². The van der Waals surface area contributed by atoms with Crippen LogP contribution in [0, 0.1) is 0 Å². The van der Waals surface area contributed by atoms with Crippen molar-refractivity contribution in [3.63, 3.8) is 0 Å². The van der Waals surface area contributed by atoms with Crippen LogP contribution in [0.1, 0.15) is 6.42 Å². The van der Waals surface area contributed by atoms with Gasteiger partial charge in [-0.15, -0.1) is 0 Å². The Labute approximate surface area is 82.2 Å². The number of nitrogens with zero attached hydrogens (tertiary/aromatic N) is 2. The molecule has 6 nitrogen and oxygen atoms in total. The van der Waals surface area contributed by atoms with E-state index >= 15 is 0 Å². The molecule has 0 aliphatic rings. The Bertz CT molecular complexity index is 272. The van der Waals surface area contributed by atoms with Crippen molar-refractivity contribution in [3.8, 4) is 5.88 Å². The average molecular weight is 198 g/mol. The zero-order chi connectivity index (χ0) is 10.4. The first kappa shape index (κ1) is 10.5. The second-order valence-corrected chi connectivity index (χ2v) is 2.68. The molecule has 14 heavy (non-hydrogen) atoms. The van der Waals surface area contributed by atoms with Gasteiger partial charge in [-0.25, -0.2) is 0 Å². The number of nitrogens with two attached hydrogens (primary N) is 2. The number of aromatic nitrogens is 2. The van der Waals surface area contributed by atoms with Gasteiger partial charge < -0.3 is 20.9 Å². The summed E-state index contributed by atoms with van der Waals surface area (Å²) < 4.78 is 10.1. The minimum absolute atomic E-state index is 0.117. The van der Waals surface area contributed by atoms with E-state index in [0.717, 1.165) is 6.42 Å². The zero-order valence-corrected chi connectivity index (χ0v) is 8.06. The van der Waals surface area contributed by atoms with Gasteiger partial charge >= 0.3 is 0 Å². The van der Waals surface area contributed by atoms with Gasteiger partial charge in [-0.3, -0.25) is 0 Å². The van der Waals surface area contributed by atoms with Crippen LogP contribution in [0.2, 0.25) is 0 Å². The van der Waals surface area contributed by atoms with Crippen molar-refractivity contribution in [3.05, 3.63) is 6.07 Å². The number of anilines is 2. The maximum Gasteiger partial charge on any atom is 0.225 e. The van der Waals surface area contributed by atoms with Crippen LogP contribution >= 0.6 is 0 Å². The summed E-state index contributed by atoms with van der Waals surface area (Å²) >= 11 is 0. The van der Waals surface area contributed by atoms with Crippen molar-refractivity contribution < 1.29 is 9.47 Å². The summed E-state index contributed by atoms with van der Waals surface area (Å²) in [5.74, 6) is 0.817. The molecule has 0 radical (unpaired) electrons. The van der Waals surface area contributed by atoms with Crippen molar-refractivity contribution in [2.45, 2.75) is 6.42 Å². The van der Waals surface area contributed by atoms with E-state index in [9.17, 15) is 0 Å². The van der Waals surface area contributed by atoms with E-state index < -0.39 is 0 Å². The standard InChI is InChI=1S/C8H14N4O2/c1-13-3-2-4-14-7-5-6(9)11-8(10)12-7/h5H,2-4H2,1H3,(H4,9,10,11,12). The molecule has 0 aromatic carbocycles. The third kappa shape index (κ3) is 3.44. The van der Waals surface area contributed by atoms with Crippen molar-refractivity contribution in [1.29, 1.82) is 0 Å². The smallest absolute Gasteiger partial charge is 0.225 e. The maximum absolute atomic E-state index is 5.45. The summed E-state index contributed by atoms with van der Waals surface area (Å²) in [5.41, 5.74) is 10.8. The first-order valence-corrected chi connectivity index (χ1v) is 4.24. The highest BCUT2D eigenvalue weighted by molar-refractivity contribution is 5.38. The molecule has 0 fully saturated rings. The molecule has 0 amide bonds. The maximum atomic E-state index is 5.45. The Kier molecular flexibility index (Phi) is 3.93. The van der Waals surface area contributed by atoms with E-state index in [0.29, 0.717) is 24.9 Å². The lowest BCUT2D eigenvalue weighted by molar-refractivity contribution is 0.170. The van der Waals surface area contributed by atoms with Crippen LogP contribution in [-0.2, 0) is 4.74 Å². The first-order valence-electron chi connectivity index (χ1n) is 4.24.